The third kappa shape index (κ3) is 5.44. The van der Waals surface area contributed by atoms with Crippen molar-refractivity contribution in [1.82, 2.24) is 4.90 Å². The van der Waals surface area contributed by atoms with Crippen LogP contribution in [0.3, 0.4) is 0 Å². The molecule has 1 aromatic rings. The number of halogens is 1. The molecule has 0 radical (unpaired) electrons. The first-order chi connectivity index (χ1) is 9.02. The molecule has 5 nitrogen and oxygen atoms in total. The second-order valence-electron chi connectivity index (χ2n) is 3.74. The predicted molar refractivity (Wildman–Crippen MR) is 71.0 cm³/mol. The molecule has 0 aliphatic carbocycles. The highest BCUT2D eigenvalue weighted by Gasteiger charge is 2.18. The van der Waals surface area contributed by atoms with E-state index >= 15 is 0 Å². The van der Waals surface area contributed by atoms with Gasteiger partial charge in [-0.2, -0.15) is 0 Å². The Hall–Kier alpha value is -2.01. The fourth-order valence-corrected chi connectivity index (χ4v) is 1.51. The van der Waals surface area contributed by atoms with Crippen LogP contribution in [-0.2, 0) is 16.1 Å². The summed E-state index contributed by atoms with van der Waals surface area (Å²) in [4.78, 5) is 23.5. The van der Waals surface area contributed by atoms with Crippen molar-refractivity contribution in [1.29, 1.82) is 0 Å². The Morgan fingerprint density at radius 3 is 2.53 bits per heavy atom. The number of carbonyl (C=O) groups excluding carboxylic acids is 1. The molecular formula is C13H14ClNO4. The van der Waals surface area contributed by atoms with Gasteiger partial charge in [-0.3, -0.25) is 9.69 Å². The summed E-state index contributed by atoms with van der Waals surface area (Å²) >= 11 is 5.75. The van der Waals surface area contributed by atoms with E-state index in [2.05, 4.69) is 6.58 Å². The Morgan fingerprint density at radius 1 is 1.37 bits per heavy atom. The number of carboxylic acids is 1. The molecule has 0 saturated heterocycles. The second-order valence-corrected chi connectivity index (χ2v) is 4.18. The van der Waals surface area contributed by atoms with Gasteiger partial charge in [0, 0.05) is 11.6 Å². The van der Waals surface area contributed by atoms with E-state index in [-0.39, 0.29) is 13.2 Å². The Bertz CT molecular complexity index is 458. The quantitative estimate of drug-likeness (QED) is 0.815. The number of nitrogens with zero attached hydrogens (tertiary/aromatic N) is 1. The summed E-state index contributed by atoms with van der Waals surface area (Å²) in [6, 6.07) is 6.78. The van der Waals surface area contributed by atoms with Crippen molar-refractivity contribution in [3.63, 3.8) is 0 Å². The monoisotopic (exact) mass is 283 g/mol. The molecule has 19 heavy (non-hydrogen) atoms. The van der Waals surface area contributed by atoms with Crippen molar-refractivity contribution in [3.05, 3.63) is 47.5 Å². The van der Waals surface area contributed by atoms with Gasteiger partial charge in [0.25, 0.3) is 0 Å². The molecule has 0 aliphatic heterocycles. The van der Waals surface area contributed by atoms with Crippen LogP contribution in [0.4, 0.5) is 4.79 Å². The van der Waals surface area contributed by atoms with Crippen molar-refractivity contribution in [3.8, 4) is 0 Å². The SMILES string of the molecule is C=CCOC(=O)N(CC(=O)O)Cc1ccc(Cl)cc1. The van der Waals surface area contributed by atoms with Crippen LogP contribution >= 0.6 is 11.6 Å². The smallest absolute Gasteiger partial charge is 0.410 e. The van der Waals surface area contributed by atoms with E-state index in [4.69, 9.17) is 21.4 Å². The molecule has 1 aromatic carbocycles. The number of carboxylic acid groups (broad SMARTS) is 1. The summed E-state index contributed by atoms with van der Waals surface area (Å²) in [6.07, 6.45) is 0.719. The number of hydrogen-bond donors (Lipinski definition) is 1. The predicted octanol–water partition coefficient (Wildman–Crippen LogP) is 2.55. The average Bonchev–Trinajstić information content (AvgIpc) is 2.37. The highest BCUT2D eigenvalue weighted by molar-refractivity contribution is 6.30. The number of aliphatic carboxylic acids is 1. The van der Waals surface area contributed by atoms with Crippen LogP contribution in [0, 0.1) is 0 Å². The van der Waals surface area contributed by atoms with Crippen molar-refractivity contribution in [2.24, 2.45) is 0 Å². The fourth-order valence-electron chi connectivity index (χ4n) is 1.38. The van der Waals surface area contributed by atoms with Crippen molar-refractivity contribution >= 4 is 23.7 Å². The number of benzene rings is 1. The van der Waals surface area contributed by atoms with Gasteiger partial charge in [-0.05, 0) is 17.7 Å². The molecule has 0 atom stereocenters. The molecular weight excluding hydrogens is 270 g/mol. The largest absolute Gasteiger partial charge is 0.480 e. The number of rotatable bonds is 6. The molecule has 0 heterocycles. The number of ether oxygens (including phenoxy) is 1. The lowest BCUT2D eigenvalue weighted by Gasteiger charge is -2.19. The molecule has 0 aliphatic rings. The van der Waals surface area contributed by atoms with E-state index in [0.717, 1.165) is 10.5 Å². The summed E-state index contributed by atoms with van der Waals surface area (Å²) < 4.78 is 4.83. The number of hydrogen-bond acceptors (Lipinski definition) is 3. The first-order valence-corrected chi connectivity index (χ1v) is 5.89. The minimum absolute atomic E-state index is 0.0373. The minimum atomic E-state index is -1.11. The van der Waals surface area contributed by atoms with Gasteiger partial charge in [0.15, 0.2) is 0 Å². The Kier molecular flexibility index (Phi) is 5.89. The van der Waals surface area contributed by atoms with Crippen molar-refractivity contribution in [2.45, 2.75) is 6.54 Å². The van der Waals surface area contributed by atoms with Crippen LogP contribution in [-0.4, -0.2) is 35.2 Å². The molecule has 6 heteroatoms. The highest BCUT2D eigenvalue weighted by atomic mass is 35.5. The van der Waals surface area contributed by atoms with E-state index in [1.807, 2.05) is 0 Å². The maximum atomic E-state index is 11.7. The van der Waals surface area contributed by atoms with Gasteiger partial charge in [-0.15, -0.1) is 0 Å². The van der Waals surface area contributed by atoms with E-state index in [1.54, 1.807) is 24.3 Å². The summed E-state index contributed by atoms with van der Waals surface area (Å²) in [6.45, 7) is 3.16. The topological polar surface area (TPSA) is 66.8 Å². The zero-order valence-electron chi connectivity index (χ0n) is 10.2. The van der Waals surface area contributed by atoms with Crippen LogP contribution in [0.1, 0.15) is 5.56 Å². The van der Waals surface area contributed by atoms with E-state index < -0.39 is 18.6 Å². The van der Waals surface area contributed by atoms with Crippen LogP contribution < -0.4 is 0 Å². The standard InChI is InChI=1S/C13H14ClNO4/c1-2-7-19-13(18)15(9-12(16)17)8-10-3-5-11(14)6-4-10/h2-6H,1,7-9H2,(H,16,17). The molecule has 1 amide bonds. The molecule has 0 aromatic heterocycles. The lowest BCUT2D eigenvalue weighted by Crippen LogP contribution is -2.35. The summed E-state index contributed by atoms with van der Waals surface area (Å²) in [7, 11) is 0. The Morgan fingerprint density at radius 2 is 2.00 bits per heavy atom. The molecule has 1 rings (SSSR count). The molecule has 0 bridgehead atoms. The van der Waals surface area contributed by atoms with Gasteiger partial charge in [0.1, 0.15) is 13.2 Å². The normalized spacial score (nSPS) is 9.74. The van der Waals surface area contributed by atoms with Gasteiger partial charge in [-0.1, -0.05) is 36.4 Å². The number of amides is 1. The lowest BCUT2D eigenvalue weighted by molar-refractivity contribution is -0.138. The van der Waals surface area contributed by atoms with E-state index in [0.29, 0.717) is 5.02 Å². The third-order valence-electron chi connectivity index (χ3n) is 2.20. The van der Waals surface area contributed by atoms with Gasteiger partial charge in [0.05, 0.1) is 0 Å². The van der Waals surface area contributed by atoms with E-state index in [1.165, 1.54) is 6.08 Å². The van der Waals surface area contributed by atoms with Gasteiger partial charge < -0.3 is 9.84 Å². The molecule has 1 N–H and O–H groups in total. The molecule has 0 spiro atoms. The maximum absolute atomic E-state index is 11.7. The van der Waals surface area contributed by atoms with E-state index in [9.17, 15) is 9.59 Å². The van der Waals surface area contributed by atoms with Crippen molar-refractivity contribution in [2.75, 3.05) is 13.2 Å². The maximum Gasteiger partial charge on any atom is 0.410 e. The fraction of sp³-hybridized carbons (Fsp3) is 0.231. The lowest BCUT2D eigenvalue weighted by atomic mass is 10.2. The summed E-state index contributed by atoms with van der Waals surface area (Å²) in [5, 5.41) is 9.36. The average molecular weight is 284 g/mol. The molecule has 0 fully saturated rings. The molecule has 102 valence electrons. The van der Waals surface area contributed by atoms with Crippen LogP contribution in [0.25, 0.3) is 0 Å². The zero-order valence-corrected chi connectivity index (χ0v) is 11.0. The second kappa shape index (κ2) is 7.43. The van der Waals surface area contributed by atoms with Gasteiger partial charge >= 0.3 is 12.1 Å². The molecule has 0 unspecified atom stereocenters. The first-order valence-electron chi connectivity index (χ1n) is 5.51. The number of carbonyl (C=O) groups is 2. The summed E-state index contributed by atoms with van der Waals surface area (Å²) in [5.74, 6) is -1.11. The van der Waals surface area contributed by atoms with Crippen LogP contribution in [0.15, 0.2) is 36.9 Å². The Labute approximate surface area is 116 Å². The van der Waals surface area contributed by atoms with Crippen LogP contribution in [0.2, 0.25) is 5.02 Å². The van der Waals surface area contributed by atoms with Gasteiger partial charge in [0.2, 0.25) is 0 Å². The highest BCUT2D eigenvalue weighted by Crippen LogP contribution is 2.12. The van der Waals surface area contributed by atoms with Crippen LogP contribution in [0.5, 0.6) is 0 Å². The van der Waals surface area contributed by atoms with Gasteiger partial charge in [-0.25, -0.2) is 4.79 Å². The van der Waals surface area contributed by atoms with Crippen molar-refractivity contribution < 1.29 is 19.4 Å². The summed E-state index contributed by atoms with van der Waals surface area (Å²) in [5.41, 5.74) is 0.765. The first kappa shape index (κ1) is 15.0. The molecule has 0 saturated carbocycles. The Balaban J connectivity index is 2.73. The minimum Gasteiger partial charge on any atom is -0.480 e. The zero-order chi connectivity index (χ0) is 14.3. The third-order valence-corrected chi connectivity index (χ3v) is 2.45.